The van der Waals surface area contributed by atoms with Gasteiger partial charge in [0.25, 0.3) is 0 Å². The number of hydrogen-bond donors (Lipinski definition) is 1. The smallest absolute Gasteiger partial charge is 0.0163 e. The average molecular weight is 203 g/mol. The van der Waals surface area contributed by atoms with E-state index >= 15 is 0 Å². The van der Waals surface area contributed by atoms with E-state index < -0.39 is 0 Å². The lowest BCUT2D eigenvalue weighted by molar-refractivity contribution is 0.327. The zero-order chi connectivity index (χ0) is 8.65. The van der Waals surface area contributed by atoms with Gasteiger partial charge < -0.3 is 0 Å². The highest BCUT2D eigenvalue weighted by Gasteiger charge is 2.06. The van der Waals surface area contributed by atoms with Crippen LogP contribution in [0.25, 0.3) is 0 Å². The molecule has 0 bridgehead atoms. The van der Waals surface area contributed by atoms with Crippen LogP contribution in [0.1, 0.15) is 6.42 Å². The number of nitrogens with zero attached hydrogens (tertiary/aromatic N) is 1. The van der Waals surface area contributed by atoms with E-state index in [1.807, 2.05) is 0 Å². The Bertz CT molecular complexity index is 128. The third-order valence-corrected chi connectivity index (χ3v) is 3.21. The molecule has 12 heavy (non-hydrogen) atoms. The standard InChI is InChI=1S/C9H17NS2/c11-7-2-1-4-10-5-3-8-12-9-6-10/h1-2,11H,3-9H2. The summed E-state index contributed by atoms with van der Waals surface area (Å²) >= 11 is 6.21. The molecule has 1 aliphatic rings. The Kier molecular flexibility index (Phi) is 6.00. The fourth-order valence-electron chi connectivity index (χ4n) is 1.28. The van der Waals surface area contributed by atoms with Crippen molar-refractivity contribution >= 4 is 24.4 Å². The number of hydrogen-bond acceptors (Lipinski definition) is 3. The topological polar surface area (TPSA) is 3.24 Å². The van der Waals surface area contributed by atoms with E-state index in [1.165, 1.54) is 31.0 Å². The molecule has 0 unspecified atom stereocenters. The van der Waals surface area contributed by atoms with Gasteiger partial charge in [-0.2, -0.15) is 24.4 Å². The van der Waals surface area contributed by atoms with Crippen molar-refractivity contribution in [3.05, 3.63) is 12.2 Å². The summed E-state index contributed by atoms with van der Waals surface area (Å²) in [5.74, 6) is 3.50. The predicted octanol–water partition coefficient (Wildman–Crippen LogP) is 1.91. The van der Waals surface area contributed by atoms with E-state index in [1.54, 1.807) is 0 Å². The minimum Gasteiger partial charge on any atom is -0.299 e. The van der Waals surface area contributed by atoms with Gasteiger partial charge in [-0.15, -0.1) is 0 Å². The van der Waals surface area contributed by atoms with Crippen molar-refractivity contribution in [3.8, 4) is 0 Å². The fraction of sp³-hybridized carbons (Fsp3) is 0.778. The second kappa shape index (κ2) is 6.87. The second-order valence-electron chi connectivity index (χ2n) is 2.92. The van der Waals surface area contributed by atoms with Crippen LogP contribution in [0.3, 0.4) is 0 Å². The quantitative estimate of drug-likeness (QED) is 0.551. The summed E-state index contributed by atoms with van der Waals surface area (Å²) in [7, 11) is 0. The molecule has 0 aliphatic carbocycles. The van der Waals surface area contributed by atoms with E-state index in [0.29, 0.717) is 0 Å². The van der Waals surface area contributed by atoms with Gasteiger partial charge in [0.05, 0.1) is 0 Å². The third-order valence-electron chi connectivity index (χ3n) is 1.95. The van der Waals surface area contributed by atoms with E-state index in [2.05, 4.69) is 41.4 Å². The van der Waals surface area contributed by atoms with E-state index in [-0.39, 0.29) is 0 Å². The van der Waals surface area contributed by atoms with Crippen molar-refractivity contribution in [2.24, 2.45) is 0 Å². The third kappa shape index (κ3) is 4.43. The zero-order valence-corrected chi connectivity index (χ0v) is 9.12. The first-order valence-corrected chi connectivity index (χ1v) is 6.28. The van der Waals surface area contributed by atoms with E-state index in [9.17, 15) is 0 Å². The molecule has 1 fully saturated rings. The van der Waals surface area contributed by atoms with Crippen molar-refractivity contribution in [2.75, 3.05) is 36.9 Å². The molecule has 0 aromatic heterocycles. The summed E-state index contributed by atoms with van der Waals surface area (Å²) in [5, 5.41) is 0. The Morgan fingerprint density at radius 3 is 3.00 bits per heavy atom. The van der Waals surface area contributed by atoms with Crippen molar-refractivity contribution in [3.63, 3.8) is 0 Å². The molecular formula is C9H17NS2. The highest BCUT2D eigenvalue weighted by atomic mass is 32.2. The van der Waals surface area contributed by atoms with Gasteiger partial charge in [0.1, 0.15) is 0 Å². The van der Waals surface area contributed by atoms with E-state index in [0.717, 1.165) is 12.3 Å². The molecule has 0 spiro atoms. The van der Waals surface area contributed by atoms with Gasteiger partial charge in [-0.25, -0.2) is 0 Å². The van der Waals surface area contributed by atoms with Crippen LogP contribution in [0.4, 0.5) is 0 Å². The van der Waals surface area contributed by atoms with Crippen LogP contribution in [-0.2, 0) is 0 Å². The molecule has 1 aliphatic heterocycles. The summed E-state index contributed by atoms with van der Waals surface area (Å²) in [6.45, 7) is 3.63. The first-order valence-electron chi connectivity index (χ1n) is 4.49. The second-order valence-corrected chi connectivity index (χ2v) is 4.51. The van der Waals surface area contributed by atoms with Crippen LogP contribution in [-0.4, -0.2) is 41.8 Å². The van der Waals surface area contributed by atoms with Crippen molar-refractivity contribution in [1.82, 2.24) is 4.90 Å². The first kappa shape index (κ1) is 10.5. The maximum Gasteiger partial charge on any atom is 0.0163 e. The largest absolute Gasteiger partial charge is 0.299 e. The summed E-state index contributed by atoms with van der Waals surface area (Å²) < 4.78 is 0. The van der Waals surface area contributed by atoms with Gasteiger partial charge in [0.15, 0.2) is 0 Å². The highest BCUT2D eigenvalue weighted by Crippen LogP contribution is 2.09. The Morgan fingerprint density at radius 1 is 1.25 bits per heavy atom. The van der Waals surface area contributed by atoms with Crippen LogP contribution in [0.2, 0.25) is 0 Å². The van der Waals surface area contributed by atoms with E-state index in [4.69, 9.17) is 0 Å². The molecule has 0 radical (unpaired) electrons. The molecule has 0 amide bonds. The molecule has 1 heterocycles. The Morgan fingerprint density at radius 2 is 2.17 bits per heavy atom. The summed E-state index contributed by atoms with van der Waals surface area (Å²) in [6.07, 6.45) is 5.70. The maximum absolute atomic E-state index is 4.13. The number of rotatable bonds is 3. The Labute approximate surface area is 85.0 Å². The molecular weight excluding hydrogens is 186 g/mol. The van der Waals surface area contributed by atoms with Gasteiger partial charge in [-0.3, -0.25) is 4.90 Å². The lowest BCUT2D eigenvalue weighted by Gasteiger charge is -2.16. The monoisotopic (exact) mass is 203 g/mol. The minimum atomic E-state index is 0.864. The molecule has 0 aromatic carbocycles. The van der Waals surface area contributed by atoms with Gasteiger partial charge in [0, 0.05) is 24.6 Å². The lowest BCUT2D eigenvalue weighted by atomic mass is 10.4. The zero-order valence-electron chi connectivity index (χ0n) is 7.41. The predicted molar refractivity (Wildman–Crippen MR) is 61.4 cm³/mol. The Hall–Kier alpha value is 0.400. The van der Waals surface area contributed by atoms with Gasteiger partial charge in [0.2, 0.25) is 0 Å². The molecule has 0 saturated carbocycles. The van der Waals surface area contributed by atoms with Crippen LogP contribution in [0, 0.1) is 0 Å². The molecule has 70 valence electrons. The van der Waals surface area contributed by atoms with Gasteiger partial charge >= 0.3 is 0 Å². The SMILES string of the molecule is SCC=CCN1CCCSCC1. The molecule has 0 N–H and O–H groups in total. The number of thioether (sulfide) groups is 1. The van der Waals surface area contributed by atoms with Gasteiger partial charge in [-0.1, -0.05) is 12.2 Å². The molecule has 0 atom stereocenters. The Balaban J connectivity index is 2.16. The maximum atomic E-state index is 4.13. The van der Waals surface area contributed by atoms with Crippen molar-refractivity contribution in [1.29, 1.82) is 0 Å². The molecule has 0 aromatic rings. The highest BCUT2D eigenvalue weighted by molar-refractivity contribution is 7.99. The number of thiol groups is 1. The van der Waals surface area contributed by atoms with Crippen molar-refractivity contribution in [2.45, 2.75) is 6.42 Å². The average Bonchev–Trinajstić information content (AvgIpc) is 2.33. The van der Waals surface area contributed by atoms with Gasteiger partial charge in [-0.05, 0) is 18.7 Å². The molecule has 1 rings (SSSR count). The summed E-state index contributed by atoms with van der Waals surface area (Å²) in [6, 6.07) is 0. The van der Waals surface area contributed by atoms with Crippen LogP contribution in [0.15, 0.2) is 12.2 Å². The molecule has 1 nitrogen and oxygen atoms in total. The van der Waals surface area contributed by atoms with Crippen LogP contribution in [0.5, 0.6) is 0 Å². The van der Waals surface area contributed by atoms with Crippen LogP contribution >= 0.6 is 24.4 Å². The van der Waals surface area contributed by atoms with Crippen molar-refractivity contribution < 1.29 is 0 Å². The molecule has 3 heteroatoms. The minimum absolute atomic E-state index is 0.864. The summed E-state index contributed by atoms with van der Waals surface area (Å²) in [4.78, 5) is 2.51. The normalized spacial score (nSPS) is 21.4. The van der Waals surface area contributed by atoms with Crippen LogP contribution < -0.4 is 0 Å². The molecule has 1 saturated heterocycles. The lowest BCUT2D eigenvalue weighted by Crippen LogP contribution is -2.25. The summed E-state index contributed by atoms with van der Waals surface area (Å²) in [5.41, 5.74) is 0. The first-order chi connectivity index (χ1) is 5.93. The fourth-order valence-corrected chi connectivity index (χ4v) is 2.35.